The fourth-order valence-electron chi connectivity index (χ4n) is 3.27. The van der Waals surface area contributed by atoms with E-state index in [1.54, 1.807) is 6.20 Å². The third-order valence-corrected chi connectivity index (χ3v) is 6.19. The first-order valence-corrected chi connectivity index (χ1v) is 9.63. The van der Waals surface area contributed by atoms with Crippen molar-refractivity contribution in [1.29, 1.82) is 0 Å². The Bertz CT molecular complexity index is 1060. The predicted molar refractivity (Wildman–Crippen MR) is 93.8 cm³/mol. The van der Waals surface area contributed by atoms with Crippen molar-refractivity contribution in [2.45, 2.75) is 12.5 Å². The van der Waals surface area contributed by atoms with Crippen LogP contribution < -0.4 is 5.32 Å². The molecule has 4 rings (SSSR count). The van der Waals surface area contributed by atoms with Crippen LogP contribution in [0.3, 0.4) is 0 Å². The van der Waals surface area contributed by atoms with E-state index in [1.807, 2.05) is 42.5 Å². The molecule has 1 aliphatic rings. The second-order valence-corrected chi connectivity index (χ2v) is 8.35. The van der Waals surface area contributed by atoms with Gasteiger partial charge in [-0.05, 0) is 29.3 Å². The number of nitrogens with one attached hydrogen (secondary N) is 1. The lowest BCUT2D eigenvalue weighted by Gasteiger charge is -2.13. The van der Waals surface area contributed by atoms with E-state index in [2.05, 4.69) is 10.3 Å². The Morgan fingerprint density at radius 3 is 2.71 bits per heavy atom. The Hall–Kier alpha value is -2.47. The van der Waals surface area contributed by atoms with E-state index in [4.69, 9.17) is 0 Å². The molecule has 0 saturated carbocycles. The number of benzene rings is 2. The van der Waals surface area contributed by atoms with Crippen LogP contribution in [0.2, 0.25) is 0 Å². The smallest absolute Gasteiger partial charge is 0.253 e. The summed E-state index contributed by atoms with van der Waals surface area (Å²) in [4.78, 5) is 17.1. The van der Waals surface area contributed by atoms with Gasteiger partial charge in [0, 0.05) is 17.6 Å². The van der Waals surface area contributed by atoms with Crippen LogP contribution >= 0.6 is 0 Å². The van der Waals surface area contributed by atoms with Gasteiger partial charge < -0.3 is 5.32 Å². The minimum Gasteiger partial charge on any atom is -0.348 e. The highest BCUT2D eigenvalue weighted by Crippen LogP contribution is 2.27. The van der Waals surface area contributed by atoms with Gasteiger partial charge in [-0.2, -0.15) is 0 Å². The molecule has 3 aromatic rings. The average molecular weight is 340 g/mol. The van der Waals surface area contributed by atoms with E-state index in [-0.39, 0.29) is 23.5 Å². The maximum Gasteiger partial charge on any atom is 0.253 e. The van der Waals surface area contributed by atoms with Gasteiger partial charge in [-0.15, -0.1) is 0 Å². The van der Waals surface area contributed by atoms with Crippen molar-refractivity contribution < 1.29 is 13.2 Å². The number of amides is 1. The molecule has 1 N–H and O–H groups in total. The standard InChI is InChI=1S/C18H16N2O3S/c21-18(20-13-7-9-24(22,23)11-13)16-10-12-4-1-2-5-14(12)15-6-3-8-19-17(15)16/h1-6,8,10,13H,7,9,11H2,(H,20,21). The van der Waals surface area contributed by atoms with Crippen LogP contribution in [0, 0.1) is 0 Å². The maximum absolute atomic E-state index is 12.7. The Morgan fingerprint density at radius 2 is 1.92 bits per heavy atom. The zero-order valence-corrected chi connectivity index (χ0v) is 13.7. The second kappa shape index (κ2) is 5.56. The van der Waals surface area contributed by atoms with Gasteiger partial charge in [0.05, 0.1) is 22.6 Å². The molecule has 0 aliphatic carbocycles. The van der Waals surface area contributed by atoms with Crippen molar-refractivity contribution in [3.63, 3.8) is 0 Å². The van der Waals surface area contributed by atoms with Crippen molar-refractivity contribution >= 4 is 37.4 Å². The van der Waals surface area contributed by atoms with E-state index < -0.39 is 9.84 Å². The number of aromatic nitrogens is 1. The monoisotopic (exact) mass is 340 g/mol. The molecule has 122 valence electrons. The van der Waals surface area contributed by atoms with Crippen molar-refractivity contribution in [3.05, 3.63) is 54.2 Å². The minimum atomic E-state index is -3.03. The first-order valence-electron chi connectivity index (χ1n) is 7.81. The van der Waals surface area contributed by atoms with E-state index in [0.29, 0.717) is 17.5 Å². The highest BCUT2D eigenvalue weighted by molar-refractivity contribution is 7.91. The summed E-state index contributed by atoms with van der Waals surface area (Å²) in [6.45, 7) is 0. The van der Waals surface area contributed by atoms with Gasteiger partial charge in [0.25, 0.3) is 5.91 Å². The average Bonchev–Trinajstić information content (AvgIpc) is 2.92. The lowest BCUT2D eigenvalue weighted by Crippen LogP contribution is -2.35. The van der Waals surface area contributed by atoms with Crippen LogP contribution in [-0.4, -0.2) is 36.9 Å². The number of sulfone groups is 1. The van der Waals surface area contributed by atoms with Crippen LogP contribution in [0.1, 0.15) is 16.8 Å². The summed E-state index contributed by atoms with van der Waals surface area (Å²) in [5.41, 5.74) is 1.11. The van der Waals surface area contributed by atoms with Gasteiger partial charge in [-0.3, -0.25) is 9.78 Å². The number of pyridine rings is 1. The lowest BCUT2D eigenvalue weighted by molar-refractivity contribution is 0.0943. The number of hydrogen-bond donors (Lipinski definition) is 1. The topological polar surface area (TPSA) is 76.1 Å². The molecule has 5 nitrogen and oxygen atoms in total. The van der Waals surface area contributed by atoms with Gasteiger partial charge in [-0.25, -0.2) is 8.42 Å². The summed E-state index contributed by atoms with van der Waals surface area (Å²) in [5, 5.41) is 5.77. The second-order valence-electron chi connectivity index (χ2n) is 6.12. The molecule has 1 aromatic heterocycles. The Morgan fingerprint density at radius 1 is 1.12 bits per heavy atom. The number of fused-ring (bicyclic) bond motifs is 3. The largest absolute Gasteiger partial charge is 0.348 e. The number of carbonyl (C=O) groups is 1. The molecule has 0 spiro atoms. The summed E-state index contributed by atoms with van der Waals surface area (Å²) in [7, 11) is -3.03. The molecule has 0 bridgehead atoms. The van der Waals surface area contributed by atoms with Crippen LogP contribution in [0.25, 0.3) is 21.7 Å². The third kappa shape index (κ3) is 2.63. The summed E-state index contributed by atoms with van der Waals surface area (Å²) >= 11 is 0. The third-order valence-electron chi connectivity index (χ3n) is 4.43. The van der Waals surface area contributed by atoms with Crippen molar-refractivity contribution in [3.8, 4) is 0 Å². The Kier molecular flexibility index (Phi) is 3.49. The minimum absolute atomic E-state index is 0.0116. The number of hydrogen-bond acceptors (Lipinski definition) is 4. The fourth-order valence-corrected chi connectivity index (χ4v) is 4.95. The molecular formula is C18H16N2O3S. The SMILES string of the molecule is O=C(NC1CCS(=O)(=O)C1)c1cc2ccccc2c2cccnc12. The molecule has 1 amide bonds. The fraction of sp³-hybridized carbons (Fsp3) is 0.222. The van der Waals surface area contributed by atoms with Crippen LogP contribution in [-0.2, 0) is 9.84 Å². The molecular weight excluding hydrogens is 324 g/mol. The molecule has 2 heterocycles. The van der Waals surface area contributed by atoms with Gasteiger partial charge in [-0.1, -0.05) is 30.3 Å². The number of carbonyl (C=O) groups excluding carboxylic acids is 1. The maximum atomic E-state index is 12.7. The first kappa shape index (κ1) is 15.1. The van der Waals surface area contributed by atoms with Gasteiger partial charge in [0.15, 0.2) is 9.84 Å². The van der Waals surface area contributed by atoms with Crippen molar-refractivity contribution in [2.24, 2.45) is 0 Å². The summed E-state index contributed by atoms with van der Waals surface area (Å²) in [5.74, 6) is -0.127. The first-order chi connectivity index (χ1) is 11.5. The molecule has 0 radical (unpaired) electrons. The predicted octanol–water partition coefficient (Wildman–Crippen LogP) is 2.30. The molecule has 2 aromatic carbocycles. The Balaban J connectivity index is 1.79. The van der Waals surface area contributed by atoms with Crippen molar-refractivity contribution in [1.82, 2.24) is 10.3 Å². The summed E-state index contributed by atoms with van der Waals surface area (Å²) < 4.78 is 23.2. The van der Waals surface area contributed by atoms with E-state index in [9.17, 15) is 13.2 Å². The molecule has 1 unspecified atom stereocenters. The van der Waals surface area contributed by atoms with Gasteiger partial charge in [0.1, 0.15) is 0 Å². The zero-order valence-electron chi connectivity index (χ0n) is 12.9. The number of nitrogens with zero attached hydrogens (tertiary/aromatic N) is 1. The molecule has 24 heavy (non-hydrogen) atoms. The lowest BCUT2D eigenvalue weighted by atomic mass is 10.00. The van der Waals surface area contributed by atoms with E-state index in [1.165, 1.54) is 0 Å². The highest BCUT2D eigenvalue weighted by Gasteiger charge is 2.29. The summed E-state index contributed by atoms with van der Waals surface area (Å²) in [6, 6.07) is 13.1. The molecule has 1 fully saturated rings. The molecule has 1 saturated heterocycles. The highest BCUT2D eigenvalue weighted by atomic mass is 32.2. The van der Waals surface area contributed by atoms with E-state index in [0.717, 1.165) is 16.2 Å². The normalized spacial score (nSPS) is 19.6. The van der Waals surface area contributed by atoms with Crippen LogP contribution in [0.15, 0.2) is 48.7 Å². The molecule has 6 heteroatoms. The van der Waals surface area contributed by atoms with E-state index >= 15 is 0 Å². The summed E-state index contributed by atoms with van der Waals surface area (Å²) in [6.07, 6.45) is 2.13. The van der Waals surface area contributed by atoms with Crippen LogP contribution in [0.5, 0.6) is 0 Å². The molecule has 1 atom stereocenters. The molecule has 1 aliphatic heterocycles. The number of rotatable bonds is 2. The van der Waals surface area contributed by atoms with Crippen LogP contribution in [0.4, 0.5) is 0 Å². The zero-order chi connectivity index (χ0) is 16.7. The van der Waals surface area contributed by atoms with Crippen molar-refractivity contribution in [2.75, 3.05) is 11.5 Å². The van der Waals surface area contributed by atoms with Gasteiger partial charge >= 0.3 is 0 Å². The quantitative estimate of drug-likeness (QED) is 0.726. The Labute approximate surface area is 139 Å². The van der Waals surface area contributed by atoms with Gasteiger partial charge in [0.2, 0.25) is 0 Å².